The van der Waals surface area contributed by atoms with Crippen LogP contribution >= 0.6 is 0 Å². The molecule has 682 valence electrons. The number of aliphatic hydroxyl groups excluding tert-OH is 11. The predicted octanol–water partition coefficient (Wildman–Crippen LogP) is 19.9. The van der Waals surface area contributed by atoms with Crippen LogP contribution in [0, 0.1) is 0 Å². The van der Waals surface area contributed by atoms with E-state index in [9.17, 15) is 61.0 Å². The first-order valence-electron chi connectivity index (χ1n) is 48.9. The topological polar surface area (TPSA) is 307 Å². The number of amides is 1. The van der Waals surface area contributed by atoms with E-state index in [2.05, 4.69) is 55.6 Å². The largest absolute Gasteiger partial charge is 0.394 e. The van der Waals surface area contributed by atoms with Crippen LogP contribution in [0.5, 0.6) is 0 Å². The molecule has 19 nitrogen and oxygen atoms in total. The highest BCUT2D eigenvalue weighted by Gasteiger charge is 2.54. The van der Waals surface area contributed by atoms with Crippen LogP contribution in [-0.4, -0.2) is 193 Å². The number of nitrogens with one attached hydrogen (secondary N) is 1. The minimum atomic E-state index is -1.98. The molecule has 0 saturated carbocycles. The van der Waals surface area contributed by atoms with E-state index in [-0.39, 0.29) is 18.9 Å². The van der Waals surface area contributed by atoms with Gasteiger partial charge < -0.3 is 89.9 Å². The number of hydrogen-bond acceptors (Lipinski definition) is 18. The maximum Gasteiger partial charge on any atom is 0.220 e. The maximum absolute atomic E-state index is 13.6. The smallest absolute Gasteiger partial charge is 0.220 e. The fourth-order valence-corrected chi connectivity index (χ4v) is 16.6. The average molecular weight is 1650 g/mol. The van der Waals surface area contributed by atoms with E-state index in [0.29, 0.717) is 6.42 Å². The Morgan fingerprint density at radius 3 is 0.888 bits per heavy atom. The van der Waals surface area contributed by atoms with E-state index in [1.807, 2.05) is 6.08 Å². The van der Waals surface area contributed by atoms with E-state index in [1.54, 1.807) is 6.08 Å². The van der Waals surface area contributed by atoms with Crippen molar-refractivity contribution >= 4 is 5.91 Å². The highest BCUT2D eigenvalue weighted by atomic mass is 16.8. The first kappa shape index (κ1) is 108. The van der Waals surface area contributed by atoms with Crippen LogP contribution in [0.4, 0.5) is 0 Å². The van der Waals surface area contributed by atoms with Crippen LogP contribution < -0.4 is 5.32 Å². The lowest BCUT2D eigenvalue weighted by Crippen LogP contribution is -2.66. The lowest BCUT2D eigenvalue weighted by atomic mass is 9.96. The fraction of sp³-hybridized carbons (Fsp3) is 0.907. The Morgan fingerprint density at radius 1 is 0.310 bits per heavy atom. The van der Waals surface area contributed by atoms with Gasteiger partial charge in [-0.05, 0) is 57.8 Å². The van der Waals surface area contributed by atoms with Crippen LogP contribution in [0.15, 0.2) is 48.6 Å². The molecular weight excluding hydrogens is 1470 g/mol. The number of aliphatic hydroxyl groups is 11. The van der Waals surface area contributed by atoms with E-state index >= 15 is 0 Å². The number of unbranched alkanes of at least 4 members (excludes halogenated alkanes) is 59. The fourth-order valence-electron chi connectivity index (χ4n) is 16.6. The number of ether oxygens (including phenoxy) is 6. The minimum Gasteiger partial charge on any atom is -0.394 e. The van der Waals surface area contributed by atoms with Crippen molar-refractivity contribution in [2.45, 2.75) is 535 Å². The van der Waals surface area contributed by atoms with Crippen molar-refractivity contribution in [1.82, 2.24) is 5.32 Å². The molecule has 0 bridgehead atoms. The van der Waals surface area contributed by atoms with Gasteiger partial charge in [0.05, 0.1) is 38.6 Å². The third kappa shape index (κ3) is 53.7. The molecule has 0 aromatic carbocycles. The zero-order valence-electron chi connectivity index (χ0n) is 74.0. The van der Waals surface area contributed by atoms with Crippen molar-refractivity contribution in [1.29, 1.82) is 0 Å². The Morgan fingerprint density at radius 2 is 0.569 bits per heavy atom. The first-order chi connectivity index (χ1) is 56.8. The monoisotopic (exact) mass is 1650 g/mol. The first-order valence-corrected chi connectivity index (χ1v) is 48.9. The molecule has 12 N–H and O–H groups in total. The van der Waals surface area contributed by atoms with Crippen molar-refractivity contribution in [3.63, 3.8) is 0 Å². The molecule has 3 rings (SSSR count). The molecule has 3 fully saturated rings. The van der Waals surface area contributed by atoms with Crippen molar-refractivity contribution in [3.8, 4) is 0 Å². The highest BCUT2D eigenvalue weighted by Crippen LogP contribution is 2.34. The van der Waals surface area contributed by atoms with E-state index < -0.39 is 124 Å². The molecule has 17 unspecified atom stereocenters. The molecule has 17 atom stereocenters. The lowest BCUT2D eigenvalue weighted by Gasteiger charge is -2.48. The van der Waals surface area contributed by atoms with Crippen LogP contribution in [0.3, 0.4) is 0 Å². The van der Waals surface area contributed by atoms with Crippen LogP contribution in [0.1, 0.15) is 431 Å². The molecule has 0 radical (unpaired) electrons. The Balaban J connectivity index is 1.29. The number of carbonyl (C=O) groups excluding carboxylic acids is 1. The Bertz CT molecular complexity index is 2280. The molecule has 3 aliphatic rings. The number of carbonyl (C=O) groups is 1. The van der Waals surface area contributed by atoms with Gasteiger partial charge in [0.25, 0.3) is 0 Å². The zero-order chi connectivity index (χ0) is 83.8. The zero-order valence-corrected chi connectivity index (χ0v) is 74.0. The number of hydrogen-bond donors (Lipinski definition) is 12. The molecule has 0 aromatic rings. The molecule has 116 heavy (non-hydrogen) atoms. The van der Waals surface area contributed by atoms with Gasteiger partial charge in [-0.15, -0.1) is 0 Å². The maximum atomic E-state index is 13.6. The van der Waals surface area contributed by atoms with E-state index in [1.165, 1.54) is 347 Å². The van der Waals surface area contributed by atoms with Crippen molar-refractivity contribution in [3.05, 3.63) is 48.6 Å². The van der Waals surface area contributed by atoms with Gasteiger partial charge in [-0.1, -0.05) is 416 Å². The molecular formula is C97H181NO18. The summed E-state index contributed by atoms with van der Waals surface area (Å²) >= 11 is 0. The quantitative estimate of drug-likeness (QED) is 0.0199. The lowest BCUT2D eigenvalue weighted by molar-refractivity contribution is -0.379. The molecule has 0 spiro atoms. The summed E-state index contributed by atoms with van der Waals surface area (Å²) in [6.07, 6.45) is 74.3. The summed E-state index contributed by atoms with van der Waals surface area (Å²) in [6.45, 7) is 1.80. The Labute approximate surface area is 707 Å². The van der Waals surface area contributed by atoms with Gasteiger partial charge in [-0.2, -0.15) is 0 Å². The van der Waals surface area contributed by atoms with Gasteiger partial charge >= 0.3 is 0 Å². The van der Waals surface area contributed by atoms with Crippen LogP contribution in [0.2, 0.25) is 0 Å². The minimum absolute atomic E-state index is 0.247. The molecule has 3 heterocycles. The van der Waals surface area contributed by atoms with E-state index in [4.69, 9.17) is 28.4 Å². The molecule has 0 aliphatic carbocycles. The summed E-state index contributed by atoms with van der Waals surface area (Å²) in [6, 6.07) is -0.975. The highest BCUT2D eigenvalue weighted by molar-refractivity contribution is 5.76. The van der Waals surface area contributed by atoms with Gasteiger partial charge in [-0.25, -0.2) is 0 Å². The summed E-state index contributed by atoms with van der Waals surface area (Å²) in [5.74, 6) is -0.266. The molecule has 3 aliphatic heterocycles. The molecule has 19 heteroatoms. The van der Waals surface area contributed by atoms with Crippen LogP contribution in [0.25, 0.3) is 0 Å². The number of rotatable bonds is 81. The van der Waals surface area contributed by atoms with Crippen molar-refractivity contribution in [2.75, 3.05) is 26.4 Å². The summed E-state index contributed by atoms with van der Waals surface area (Å²) in [5.41, 5.74) is 0. The molecule has 1 amide bonds. The predicted molar refractivity (Wildman–Crippen MR) is 471 cm³/mol. The summed E-state index contributed by atoms with van der Waals surface area (Å²) in [7, 11) is 0. The number of allylic oxidation sites excluding steroid dienone is 7. The summed E-state index contributed by atoms with van der Waals surface area (Å²) < 4.78 is 34.6. The second-order valence-corrected chi connectivity index (χ2v) is 34.9. The van der Waals surface area contributed by atoms with Gasteiger partial charge in [-0.3, -0.25) is 4.79 Å². The van der Waals surface area contributed by atoms with E-state index in [0.717, 1.165) is 57.8 Å². The van der Waals surface area contributed by atoms with Gasteiger partial charge in [0.15, 0.2) is 18.9 Å². The SMILES string of the molecule is CCCCCCC/C=C\C/C=C\C/C=C\CCCCCCCCCCCCCCCCCCCCCCCCCCC(=O)NC(COC1OC(CO)C(OC2OC(CO)C(OC3OC(CO)C(O)C(O)C3O)C(O)C2O)C(O)C1O)C(O)/C=C/CCCCCCCCCCCCCCCCCCCCCCCCCCCCCCCC. The van der Waals surface area contributed by atoms with Crippen molar-refractivity contribution < 1.29 is 89.4 Å². The second kappa shape index (κ2) is 76.4. The molecule has 0 aromatic heterocycles. The Hall–Kier alpha value is -2.25. The van der Waals surface area contributed by atoms with Crippen molar-refractivity contribution in [2.24, 2.45) is 0 Å². The molecule has 3 saturated heterocycles. The van der Waals surface area contributed by atoms with Gasteiger partial charge in [0.1, 0.15) is 73.2 Å². The standard InChI is InChI=1S/C97H181NO18/c1-3-5-7-9-11-13-15-17-19-21-23-25-27-29-31-33-35-37-38-39-40-41-42-43-45-47-49-51-53-55-57-59-61-63-65-67-69-71-73-75-85(103)98-80(81(102)74-72-70-68-66-64-62-60-58-56-54-52-50-48-46-44-36-34-32-30-28-26-24-22-20-18-16-14-12-10-8-6-4-2)79-111-95-91(109)88(106)93(83(77-100)113-95)116-97-92(110)89(107)94(84(78-101)114-97)115-96-90(108)87(105)86(104)82(76-99)112-96/h15,17,21,23,27,29,72,74,80-84,86-97,99-102,104-110H,3-14,16,18-20,22,24-26,28,30-71,73,75-79H2,1-2H3,(H,98,103)/b17-15-,23-21-,29-27-,74-72+. The summed E-state index contributed by atoms with van der Waals surface area (Å²) in [4.78, 5) is 13.6. The summed E-state index contributed by atoms with van der Waals surface area (Å²) in [5, 5.41) is 121. The third-order valence-electron chi connectivity index (χ3n) is 24.4. The Kier molecular flexibility index (Phi) is 71.1. The average Bonchev–Trinajstić information content (AvgIpc) is 0.779. The second-order valence-electron chi connectivity index (χ2n) is 34.9. The van der Waals surface area contributed by atoms with Gasteiger partial charge in [0, 0.05) is 6.42 Å². The normalized spacial score (nSPS) is 24.6. The van der Waals surface area contributed by atoms with Crippen LogP contribution in [-0.2, 0) is 33.2 Å². The van der Waals surface area contributed by atoms with Gasteiger partial charge in [0.2, 0.25) is 5.91 Å². The third-order valence-corrected chi connectivity index (χ3v) is 24.4.